The smallest absolute Gasteiger partial charge is 0.0640 e. The normalized spacial score (nSPS) is 14.1. The highest BCUT2D eigenvalue weighted by molar-refractivity contribution is 6.42. The number of hydrogen-bond donors (Lipinski definition) is 1. The third-order valence-electron chi connectivity index (χ3n) is 3.28. The molecule has 0 saturated heterocycles. The molecule has 1 aromatic carbocycles. The summed E-state index contributed by atoms with van der Waals surface area (Å²) in [5.74, 6) is 0.196. The highest BCUT2D eigenvalue weighted by atomic mass is 35.5. The summed E-state index contributed by atoms with van der Waals surface area (Å²) in [5.41, 5.74) is 2.02. The van der Waals surface area contributed by atoms with Gasteiger partial charge in [0.15, 0.2) is 0 Å². The SMILES string of the molecule is CNC(c1cccc(Cl)c1Cl)C(C)c1ccccn1. The number of nitrogens with zero attached hydrogens (tertiary/aromatic N) is 1. The van der Waals surface area contributed by atoms with Crippen molar-refractivity contribution in [2.24, 2.45) is 0 Å². The second kappa shape index (κ2) is 6.38. The molecule has 2 atom stereocenters. The maximum Gasteiger partial charge on any atom is 0.0640 e. The largest absolute Gasteiger partial charge is 0.312 e. The average Bonchev–Trinajstić information content (AvgIpc) is 2.45. The molecule has 1 aromatic heterocycles. The van der Waals surface area contributed by atoms with Crippen LogP contribution in [0.2, 0.25) is 10.0 Å². The molecule has 0 saturated carbocycles. The molecule has 0 spiro atoms. The summed E-state index contributed by atoms with van der Waals surface area (Å²) in [4.78, 5) is 4.41. The van der Waals surface area contributed by atoms with Crippen LogP contribution in [0.4, 0.5) is 0 Å². The van der Waals surface area contributed by atoms with Crippen molar-refractivity contribution < 1.29 is 0 Å². The average molecular weight is 295 g/mol. The number of likely N-dealkylation sites (N-methyl/N-ethyl adjacent to an activating group) is 1. The molecule has 2 aromatic rings. The molecular formula is C15H16Cl2N2. The molecule has 0 aliphatic heterocycles. The minimum absolute atomic E-state index is 0.0705. The number of nitrogens with one attached hydrogen (secondary N) is 1. The van der Waals surface area contributed by atoms with E-state index in [0.717, 1.165) is 11.3 Å². The number of rotatable bonds is 4. The first-order valence-electron chi connectivity index (χ1n) is 6.17. The van der Waals surface area contributed by atoms with Crippen LogP contribution in [-0.2, 0) is 0 Å². The lowest BCUT2D eigenvalue weighted by atomic mass is 9.91. The van der Waals surface area contributed by atoms with Crippen molar-refractivity contribution in [3.8, 4) is 0 Å². The topological polar surface area (TPSA) is 24.9 Å². The fourth-order valence-corrected chi connectivity index (χ4v) is 2.68. The molecule has 0 fully saturated rings. The zero-order chi connectivity index (χ0) is 13.8. The maximum atomic E-state index is 6.31. The molecule has 1 heterocycles. The number of pyridine rings is 1. The first-order chi connectivity index (χ1) is 9.15. The molecule has 0 aliphatic rings. The molecule has 0 bridgehead atoms. The van der Waals surface area contributed by atoms with Gasteiger partial charge in [0.2, 0.25) is 0 Å². The molecule has 19 heavy (non-hydrogen) atoms. The van der Waals surface area contributed by atoms with Crippen molar-refractivity contribution in [2.75, 3.05) is 7.05 Å². The zero-order valence-corrected chi connectivity index (χ0v) is 12.4. The van der Waals surface area contributed by atoms with Gasteiger partial charge in [0.1, 0.15) is 0 Å². The van der Waals surface area contributed by atoms with Crippen molar-refractivity contribution in [3.05, 3.63) is 63.9 Å². The van der Waals surface area contributed by atoms with Gasteiger partial charge in [-0.3, -0.25) is 4.98 Å². The Kier molecular flexibility index (Phi) is 4.81. The van der Waals surface area contributed by atoms with Gasteiger partial charge in [-0.1, -0.05) is 48.3 Å². The highest BCUT2D eigenvalue weighted by Crippen LogP contribution is 2.36. The first-order valence-corrected chi connectivity index (χ1v) is 6.93. The molecule has 0 radical (unpaired) electrons. The zero-order valence-electron chi connectivity index (χ0n) is 10.9. The van der Waals surface area contributed by atoms with E-state index in [0.29, 0.717) is 10.0 Å². The summed E-state index contributed by atoms with van der Waals surface area (Å²) >= 11 is 12.4. The van der Waals surface area contributed by atoms with E-state index in [-0.39, 0.29) is 12.0 Å². The molecule has 2 nitrogen and oxygen atoms in total. The maximum absolute atomic E-state index is 6.31. The van der Waals surface area contributed by atoms with Crippen molar-refractivity contribution in [2.45, 2.75) is 18.9 Å². The summed E-state index contributed by atoms with van der Waals surface area (Å²) in [6.07, 6.45) is 1.80. The molecular weight excluding hydrogens is 279 g/mol. The van der Waals surface area contributed by atoms with Crippen molar-refractivity contribution in [1.82, 2.24) is 10.3 Å². The van der Waals surface area contributed by atoms with Gasteiger partial charge in [-0.25, -0.2) is 0 Å². The predicted molar refractivity (Wildman–Crippen MR) is 80.9 cm³/mol. The van der Waals surface area contributed by atoms with E-state index in [9.17, 15) is 0 Å². The Morgan fingerprint density at radius 1 is 1.11 bits per heavy atom. The third-order valence-corrected chi connectivity index (χ3v) is 4.12. The van der Waals surface area contributed by atoms with Gasteiger partial charge < -0.3 is 5.32 Å². The van der Waals surface area contributed by atoms with Crippen LogP contribution in [0.5, 0.6) is 0 Å². The molecule has 2 unspecified atom stereocenters. The van der Waals surface area contributed by atoms with Gasteiger partial charge in [-0.05, 0) is 30.8 Å². The Labute approximate surface area is 123 Å². The predicted octanol–water partition coefficient (Wildman–Crippen LogP) is 4.45. The number of halogens is 2. The monoisotopic (exact) mass is 294 g/mol. The Balaban J connectivity index is 2.37. The van der Waals surface area contributed by atoms with Gasteiger partial charge >= 0.3 is 0 Å². The number of aromatic nitrogens is 1. The number of hydrogen-bond acceptors (Lipinski definition) is 2. The van der Waals surface area contributed by atoms with Crippen LogP contribution in [0.1, 0.15) is 30.1 Å². The lowest BCUT2D eigenvalue weighted by molar-refractivity contribution is 0.499. The fraction of sp³-hybridized carbons (Fsp3) is 0.267. The molecule has 0 aliphatic carbocycles. The Hall–Kier alpha value is -1.09. The lowest BCUT2D eigenvalue weighted by Gasteiger charge is -2.24. The van der Waals surface area contributed by atoms with Gasteiger partial charge in [0.05, 0.1) is 10.0 Å². The van der Waals surface area contributed by atoms with Crippen LogP contribution in [0.15, 0.2) is 42.6 Å². The number of benzene rings is 1. The van der Waals surface area contributed by atoms with Crippen LogP contribution in [0, 0.1) is 0 Å². The molecule has 0 amide bonds. The van der Waals surface area contributed by atoms with Crippen LogP contribution in [-0.4, -0.2) is 12.0 Å². The minimum Gasteiger partial charge on any atom is -0.312 e. The fourth-order valence-electron chi connectivity index (χ4n) is 2.25. The minimum atomic E-state index is 0.0705. The van der Waals surface area contributed by atoms with Crippen molar-refractivity contribution >= 4 is 23.2 Å². The summed E-state index contributed by atoms with van der Waals surface area (Å²) in [7, 11) is 1.92. The van der Waals surface area contributed by atoms with Crippen molar-refractivity contribution in [3.63, 3.8) is 0 Å². The van der Waals surface area contributed by atoms with Gasteiger partial charge in [0.25, 0.3) is 0 Å². The molecule has 4 heteroatoms. The van der Waals surface area contributed by atoms with Gasteiger partial charge in [0, 0.05) is 23.9 Å². The summed E-state index contributed by atoms with van der Waals surface area (Å²) in [5, 5.41) is 4.48. The van der Waals surface area contributed by atoms with Crippen LogP contribution < -0.4 is 5.32 Å². The van der Waals surface area contributed by atoms with E-state index in [1.807, 2.05) is 37.4 Å². The Bertz CT molecular complexity index is 543. The van der Waals surface area contributed by atoms with E-state index in [2.05, 4.69) is 17.2 Å². The molecule has 2 rings (SSSR count). The Morgan fingerprint density at radius 2 is 1.89 bits per heavy atom. The molecule has 100 valence electrons. The second-order valence-electron chi connectivity index (χ2n) is 4.45. The van der Waals surface area contributed by atoms with E-state index in [1.165, 1.54) is 0 Å². The second-order valence-corrected chi connectivity index (χ2v) is 5.24. The standard InChI is InChI=1S/C15H16Cl2N2/c1-10(13-8-3-4-9-19-13)15(18-2)11-6-5-7-12(16)14(11)17/h3-10,15,18H,1-2H3. The van der Waals surface area contributed by atoms with Gasteiger partial charge in [-0.15, -0.1) is 0 Å². The van der Waals surface area contributed by atoms with Crippen LogP contribution in [0.3, 0.4) is 0 Å². The van der Waals surface area contributed by atoms with Crippen LogP contribution in [0.25, 0.3) is 0 Å². The van der Waals surface area contributed by atoms with E-state index in [1.54, 1.807) is 12.3 Å². The highest BCUT2D eigenvalue weighted by Gasteiger charge is 2.22. The van der Waals surface area contributed by atoms with Gasteiger partial charge in [-0.2, -0.15) is 0 Å². The first kappa shape index (κ1) is 14.3. The van der Waals surface area contributed by atoms with E-state index < -0.39 is 0 Å². The van der Waals surface area contributed by atoms with E-state index in [4.69, 9.17) is 23.2 Å². The summed E-state index contributed by atoms with van der Waals surface area (Å²) in [6, 6.07) is 11.7. The third kappa shape index (κ3) is 3.08. The quantitative estimate of drug-likeness (QED) is 0.901. The van der Waals surface area contributed by atoms with E-state index >= 15 is 0 Å². The molecule has 1 N–H and O–H groups in total. The lowest BCUT2D eigenvalue weighted by Crippen LogP contribution is -2.23. The summed E-state index contributed by atoms with van der Waals surface area (Å²) in [6.45, 7) is 2.13. The Morgan fingerprint density at radius 3 is 2.53 bits per heavy atom. The van der Waals surface area contributed by atoms with Crippen LogP contribution >= 0.6 is 23.2 Å². The van der Waals surface area contributed by atoms with Crippen molar-refractivity contribution in [1.29, 1.82) is 0 Å². The summed E-state index contributed by atoms with van der Waals surface area (Å²) < 4.78 is 0.